The van der Waals surface area contributed by atoms with E-state index in [1.54, 1.807) is 32.3 Å². The van der Waals surface area contributed by atoms with Crippen molar-refractivity contribution in [3.63, 3.8) is 0 Å². The van der Waals surface area contributed by atoms with Gasteiger partial charge in [0.2, 0.25) is 5.91 Å². The zero-order valence-electron chi connectivity index (χ0n) is 15.3. The molecule has 1 heterocycles. The van der Waals surface area contributed by atoms with Gasteiger partial charge in [0.25, 0.3) is 0 Å². The molecular formula is C20H21N3O4. The van der Waals surface area contributed by atoms with E-state index in [0.717, 1.165) is 10.2 Å². The summed E-state index contributed by atoms with van der Waals surface area (Å²) in [6, 6.07) is 15.0. The Morgan fingerprint density at radius 1 is 1.15 bits per heavy atom. The highest BCUT2D eigenvalue weighted by molar-refractivity contribution is 5.90. The summed E-state index contributed by atoms with van der Waals surface area (Å²) in [6.45, 7) is 0.387. The summed E-state index contributed by atoms with van der Waals surface area (Å²) in [5.41, 5.74) is 2.05. The van der Waals surface area contributed by atoms with Gasteiger partial charge in [-0.2, -0.15) is 9.78 Å². The largest absolute Gasteiger partial charge is 0.489 e. The van der Waals surface area contributed by atoms with Gasteiger partial charge in [-0.15, -0.1) is 0 Å². The first-order chi connectivity index (χ1) is 13.0. The average molecular weight is 367 g/mol. The average Bonchev–Trinajstić information content (AvgIpc) is 3.03. The summed E-state index contributed by atoms with van der Waals surface area (Å²) in [5, 5.41) is 14.3. The maximum atomic E-state index is 11.8. The molecule has 3 aromatic rings. The molecule has 0 saturated carbocycles. The Hall–Kier alpha value is -3.35. The Morgan fingerprint density at radius 2 is 1.89 bits per heavy atom. The van der Waals surface area contributed by atoms with Gasteiger partial charge in [-0.05, 0) is 17.7 Å². The fourth-order valence-electron chi connectivity index (χ4n) is 2.77. The van der Waals surface area contributed by atoms with Crippen LogP contribution < -0.4 is 4.74 Å². The second kappa shape index (κ2) is 7.90. The maximum Gasteiger partial charge on any atom is 0.432 e. The molecule has 2 aromatic carbocycles. The van der Waals surface area contributed by atoms with Crippen LogP contribution in [0.2, 0.25) is 0 Å². The van der Waals surface area contributed by atoms with Crippen molar-refractivity contribution >= 4 is 22.9 Å². The van der Waals surface area contributed by atoms with Crippen LogP contribution >= 0.6 is 0 Å². The third kappa shape index (κ3) is 4.25. The minimum absolute atomic E-state index is 0.0316. The first-order valence-electron chi connectivity index (χ1n) is 8.57. The van der Waals surface area contributed by atoms with Crippen LogP contribution in [-0.2, 0) is 17.8 Å². The van der Waals surface area contributed by atoms with Gasteiger partial charge < -0.3 is 14.7 Å². The van der Waals surface area contributed by atoms with E-state index in [1.165, 1.54) is 4.90 Å². The Bertz CT molecular complexity index is 964. The molecule has 1 aromatic heterocycles. The van der Waals surface area contributed by atoms with E-state index in [4.69, 9.17) is 4.74 Å². The molecule has 7 nitrogen and oxygen atoms in total. The highest BCUT2D eigenvalue weighted by atomic mass is 16.5. The molecule has 1 amide bonds. The summed E-state index contributed by atoms with van der Waals surface area (Å²) in [7, 11) is 3.37. The fraction of sp³-hybridized carbons (Fsp3) is 0.250. The SMILES string of the molecule is CN(C)C(=O)CCc1nn(C(=O)O)c2cc(OCc3ccccc3)ccc12. The van der Waals surface area contributed by atoms with Crippen LogP contribution in [0, 0.1) is 0 Å². The molecule has 0 aliphatic rings. The van der Waals surface area contributed by atoms with Crippen molar-refractivity contribution in [3.05, 3.63) is 59.8 Å². The van der Waals surface area contributed by atoms with Crippen molar-refractivity contribution in [1.82, 2.24) is 14.7 Å². The number of nitrogens with zero attached hydrogens (tertiary/aromatic N) is 3. The standard InChI is InChI=1S/C20H21N3O4/c1-22(2)19(24)11-10-17-16-9-8-15(12-18(16)23(21-17)20(25)26)27-13-14-6-4-3-5-7-14/h3-9,12H,10-11,13H2,1-2H3,(H,25,26). The van der Waals surface area contributed by atoms with Gasteiger partial charge >= 0.3 is 6.09 Å². The van der Waals surface area contributed by atoms with Crippen molar-refractivity contribution in [2.45, 2.75) is 19.4 Å². The lowest BCUT2D eigenvalue weighted by Gasteiger charge is -2.09. The van der Waals surface area contributed by atoms with E-state index in [-0.39, 0.29) is 12.3 Å². The molecule has 0 bridgehead atoms. The molecule has 0 spiro atoms. The predicted octanol–water partition coefficient (Wildman–Crippen LogP) is 3.16. The molecule has 0 aliphatic carbocycles. The van der Waals surface area contributed by atoms with Gasteiger partial charge in [-0.3, -0.25) is 4.79 Å². The van der Waals surface area contributed by atoms with Gasteiger partial charge in [0.1, 0.15) is 12.4 Å². The van der Waals surface area contributed by atoms with Crippen molar-refractivity contribution in [1.29, 1.82) is 0 Å². The van der Waals surface area contributed by atoms with Crippen LogP contribution in [0.4, 0.5) is 4.79 Å². The van der Waals surface area contributed by atoms with E-state index in [9.17, 15) is 14.7 Å². The molecule has 0 atom stereocenters. The molecule has 0 aliphatic heterocycles. The number of carboxylic acid groups (broad SMARTS) is 1. The number of hydrogen-bond donors (Lipinski definition) is 1. The quantitative estimate of drug-likeness (QED) is 0.723. The summed E-state index contributed by atoms with van der Waals surface area (Å²) in [6.07, 6.45) is -0.534. The number of carbonyl (C=O) groups is 2. The number of hydrogen-bond acceptors (Lipinski definition) is 4. The van der Waals surface area contributed by atoms with Crippen molar-refractivity contribution in [2.24, 2.45) is 0 Å². The topological polar surface area (TPSA) is 84.7 Å². The number of carbonyl (C=O) groups excluding carboxylic acids is 1. The number of ether oxygens (including phenoxy) is 1. The second-order valence-electron chi connectivity index (χ2n) is 6.38. The van der Waals surface area contributed by atoms with Crippen LogP contribution in [0.25, 0.3) is 10.9 Å². The third-order valence-electron chi connectivity index (χ3n) is 4.23. The summed E-state index contributed by atoms with van der Waals surface area (Å²) in [5.74, 6) is 0.528. The van der Waals surface area contributed by atoms with Gasteiger partial charge in [-0.25, -0.2) is 4.79 Å². The molecule has 1 N–H and O–H groups in total. The smallest absolute Gasteiger partial charge is 0.432 e. The van der Waals surface area contributed by atoms with Crippen LogP contribution in [0.3, 0.4) is 0 Å². The summed E-state index contributed by atoms with van der Waals surface area (Å²) in [4.78, 5) is 24.9. The number of benzene rings is 2. The first-order valence-corrected chi connectivity index (χ1v) is 8.57. The molecule has 27 heavy (non-hydrogen) atoms. The van der Waals surface area contributed by atoms with E-state index in [2.05, 4.69) is 5.10 Å². The molecule has 0 radical (unpaired) electrons. The zero-order chi connectivity index (χ0) is 19.4. The third-order valence-corrected chi connectivity index (χ3v) is 4.23. The van der Waals surface area contributed by atoms with Crippen molar-refractivity contribution in [3.8, 4) is 5.75 Å². The Labute approximate surface area is 156 Å². The molecule has 0 fully saturated rings. The number of aryl methyl sites for hydroxylation is 1. The summed E-state index contributed by atoms with van der Waals surface area (Å²) < 4.78 is 6.71. The minimum atomic E-state index is -1.18. The maximum absolute atomic E-state index is 11.8. The lowest BCUT2D eigenvalue weighted by atomic mass is 10.1. The highest BCUT2D eigenvalue weighted by Gasteiger charge is 2.17. The Balaban J connectivity index is 1.85. The number of aromatic nitrogens is 2. The van der Waals surface area contributed by atoms with Gasteiger partial charge in [0, 0.05) is 38.4 Å². The minimum Gasteiger partial charge on any atom is -0.489 e. The normalized spacial score (nSPS) is 10.7. The first kappa shape index (κ1) is 18.4. The van der Waals surface area contributed by atoms with Gasteiger partial charge in [0.05, 0.1) is 11.2 Å². The van der Waals surface area contributed by atoms with Crippen LogP contribution in [0.15, 0.2) is 48.5 Å². The molecule has 0 saturated heterocycles. The lowest BCUT2D eigenvalue weighted by Crippen LogP contribution is -2.22. The number of amides is 1. The fourth-order valence-corrected chi connectivity index (χ4v) is 2.77. The highest BCUT2D eigenvalue weighted by Crippen LogP contribution is 2.25. The van der Waals surface area contributed by atoms with E-state index >= 15 is 0 Å². The van der Waals surface area contributed by atoms with E-state index < -0.39 is 6.09 Å². The lowest BCUT2D eigenvalue weighted by molar-refractivity contribution is -0.128. The molecule has 3 rings (SSSR count). The predicted molar refractivity (Wildman–Crippen MR) is 101 cm³/mol. The van der Waals surface area contributed by atoms with Crippen LogP contribution in [-0.4, -0.2) is 45.9 Å². The van der Waals surface area contributed by atoms with Gasteiger partial charge in [-0.1, -0.05) is 30.3 Å². The number of fused-ring (bicyclic) bond motifs is 1. The zero-order valence-corrected chi connectivity index (χ0v) is 15.3. The molecule has 0 unspecified atom stereocenters. The molecule has 7 heteroatoms. The van der Waals surface area contributed by atoms with Crippen molar-refractivity contribution in [2.75, 3.05) is 14.1 Å². The Morgan fingerprint density at radius 3 is 2.56 bits per heavy atom. The van der Waals surface area contributed by atoms with Crippen LogP contribution in [0.1, 0.15) is 17.7 Å². The second-order valence-corrected chi connectivity index (χ2v) is 6.38. The van der Waals surface area contributed by atoms with E-state index in [1.807, 2.05) is 30.3 Å². The molecular weight excluding hydrogens is 346 g/mol. The van der Waals surface area contributed by atoms with Gasteiger partial charge in [0.15, 0.2) is 0 Å². The van der Waals surface area contributed by atoms with Crippen LogP contribution in [0.5, 0.6) is 5.75 Å². The number of rotatable bonds is 6. The Kier molecular flexibility index (Phi) is 5.40. The van der Waals surface area contributed by atoms with E-state index in [0.29, 0.717) is 35.4 Å². The summed E-state index contributed by atoms with van der Waals surface area (Å²) >= 11 is 0. The molecule has 140 valence electrons. The van der Waals surface area contributed by atoms with Crippen molar-refractivity contribution < 1.29 is 19.4 Å². The monoisotopic (exact) mass is 367 g/mol.